The van der Waals surface area contributed by atoms with Crippen molar-refractivity contribution >= 4 is 40.7 Å². The van der Waals surface area contributed by atoms with Crippen molar-refractivity contribution in [2.24, 2.45) is 4.99 Å². The molecule has 0 spiro atoms. The summed E-state index contributed by atoms with van der Waals surface area (Å²) in [6.45, 7) is 2.80. The molecule has 0 bridgehead atoms. The molecule has 1 saturated carbocycles. The minimum Gasteiger partial charge on any atom is -0.354 e. The van der Waals surface area contributed by atoms with Gasteiger partial charge in [-0.1, -0.05) is 43.7 Å². The van der Waals surface area contributed by atoms with Crippen molar-refractivity contribution in [3.8, 4) is 0 Å². The fourth-order valence-corrected chi connectivity index (χ4v) is 4.95. The molecule has 154 valence electrons. The second-order valence-corrected chi connectivity index (χ2v) is 9.15. The van der Waals surface area contributed by atoms with Gasteiger partial charge in [0.1, 0.15) is 0 Å². The Morgan fingerprint density at radius 3 is 2.59 bits per heavy atom. The maximum Gasteiger partial charge on any atom is 0.191 e. The number of hydrogen-bond donors (Lipinski definition) is 2. The average Bonchev–Trinajstić information content (AvgIpc) is 2.67. The van der Waals surface area contributed by atoms with Crippen LogP contribution in [0.3, 0.4) is 0 Å². The van der Waals surface area contributed by atoms with Crippen LogP contribution >= 0.6 is 24.0 Å². The third kappa shape index (κ3) is 7.69. The Morgan fingerprint density at radius 1 is 1.30 bits per heavy atom. The number of halogens is 1. The molecule has 0 radical (unpaired) electrons. The Morgan fingerprint density at radius 2 is 2.00 bits per heavy atom. The van der Waals surface area contributed by atoms with Crippen LogP contribution in [0.5, 0.6) is 0 Å². The molecule has 0 heterocycles. The maximum absolute atomic E-state index is 12.1. The van der Waals surface area contributed by atoms with Crippen LogP contribution in [0.2, 0.25) is 0 Å². The minimum atomic E-state index is -0.700. The molecule has 0 saturated heterocycles. The normalized spacial score (nSPS) is 22.6. The van der Waals surface area contributed by atoms with E-state index in [9.17, 15) is 4.21 Å². The average molecular weight is 506 g/mol. The van der Waals surface area contributed by atoms with Crippen LogP contribution in [0.15, 0.2) is 35.3 Å². The lowest BCUT2D eigenvalue weighted by molar-refractivity contribution is 0.297. The molecule has 0 amide bonds. The SMILES string of the molecule is CCS(=O)C1CCCC(NC(=NC)NCC(c2ccccc2)N(C)C)C1.I. The van der Waals surface area contributed by atoms with Gasteiger partial charge in [-0.25, -0.2) is 0 Å². The molecule has 2 N–H and O–H groups in total. The molecule has 27 heavy (non-hydrogen) atoms. The molecule has 7 heteroatoms. The van der Waals surface area contributed by atoms with E-state index in [1.807, 2.05) is 20.0 Å². The van der Waals surface area contributed by atoms with Crippen LogP contribution in [0.4, 0.5) is 0 Å². The lowest BCUT2D eigenvalue weighted by atomic mass is 9.95. The Bertz CT molecular complexity index is 597. The van der Waals surface area contributed by atoms with E-state index in [1.165, 1.54) is 5.56 Å². The van der Waals surface area contributed by atoms with Crippen LogP contribution in [-0.2, 0) is 10.8 Å². The molecular formula is C20H35IN4OS. The van der Waals surface area contributed by atoms with Crippen LogP contribution < -0.4 is 10.6 Å². The van der Waals surface area contributed by atoms with Crippen LogP contribution in [-0.4, -0.2) is 59.8 Å². The summed E-state index contributed by atoms with van der Waals surface area (Å²) in [5.41, 5.74) is 1.29. The van der Waals surface area contributed by atoms with Gasteiger partial charge in [0.15, 0.2) is 5.96 Å². The molecule has 1 aliphatic carbocycles. The summed E-state index contributed by atoms with van der Waals surface area (Å²) in [6.07, 6.45) is 4.31. The van der Waals surface area contributed by atoms with E-state index < -0.39 is 10.8 Å². The van der Waals surface area contributed by atoms with Crippen LogP contribution in [0.1, 0.15) is 44.2 Å². The molecule has 1 fully saturated rings. The molecule has 5 nitrogen and oxygen atoms in total. The molecule has 1 aromatic rings. The summed E-state index contributed by atoms with van der Waals surface area (Å²) in [7, 11) is 5.31. The molecular weight excluding hydrogens is 471 g/mol. The Hall–Kier alpha value is -0.670. The van der Waals surface area contributed by atoms with Gasteiger partial charge in [-0.2, -0.15) is 0 Å². The van der Waals surface area contributed by atoms with E-state index in [0.717, 1.165) is 43.9 Å². The Kier molecular flexibility index (Phi) is 11.5. The zero-order valence-electron chi connectivity index (χ0n) is 17.0. The van der Waals surface area contributed by atoms with E-state index in [4.69, 9.17) is 0 Å². The van der Waals surface area contributed by atoms with Crippen molar-refractivity contribution in [3.63, 3.8) is 0 Å². The molecule has 4 atom stereocenters. The predicted molar refractivity (Wildman–Crippen MR) is 128 cm³/mol. The number of hydrogen-bond acceptors (Lipinski definition) is 3. The quantitative estimate of drug-likeness (QED) is 0.339. The Labute approximate surface area is 184 Å². The highest BCUT2D eigenvalue weighted by Crippen LogP contribution is 2.23. The van der Waals surface area contributed by atoms with Gasteiger partial charge in [0.05, 0.1) is 6.04 Å². The van der Waals surface area contributed by atoms with Gasteiger partial charge >= 0.3 is 0 Å². The lowest BCUT2D eigenvalue weighted by Crippen LogP contribution is -2.48. The molecule has 1 aromatic carbocycles. The zero-order valence-corrected chi connectivity index (χ0v) is 20.1. The lowest BCUT2D eigenvalue weighted by Gasteiger charge is -2.31. The largest absolute Gasteiger partial charge is 0.354 e. The first kappa shape index (κ1) is 24.4. The van der Waals surface area contributed by atoms with Gasteiger partial charge in [0, 0.05) is 41.4 Å². The molecule has 2 rings (SSSR count). The fraction of sp³-hybridized carbons (Fsp3) is 0.650. The highest BCUT2D eigenvalue weighted by molar-refractivity contribution is 14.0. The second kappa shape index (κ2) is 12.7. The predicted octanol–water partition coefficient (Wildman–Crippen LogP) is 3.15. The van der Waals surface area contributed by atoms with Crippen molar-refractivity contribution in [2.75, 3.05) is 33.4 Å². The van der Waals surface area contributed by atoms with E-state index in [2.05, 4.69) is 58.9 Å². The smallest absolute Gasteiger partial charge is 0.191 e. The van der Waals surface area contributed by atoms with Gasteiger partial charge in [0.25, 0.3) is 0 Å². The van der Waals surface area contributed by atoms with Gasteiger partial charge < -0.3 is 15.5 Å². The number of aliphatic imine (C=N–C) groups is 1. The number of rotatable bonds is 7. The summed E-state index contributed by atoms with van der Waals surface area (Å²) in [4.78, 5) is 6.62. The molecule has 0 aromatic heterocycles. The van der Waals surface area contributed by atoms with E-state index >= 15 is 0 Å². The second-order valence-electron chi connectivity index (χ2n) is 7.14. The van der Waals surface area contributed by atoms with Crippen molar-refractivity contribution < 1.29 is 4.21 Å². The first-order chi connectivity index (χ1) is 12.5. The summed E-state index contributed by atoms with van der Waals surface area (Å²) >= 11 is 0. The molecule has 4 unspecified atom stereocenters. The van der Waals surface area contributed by atoms with Gasteiger partial charge in [-0.3, -0.25) is 9.20 Å². The number of guanidine groups is 1. The Balaban J connectivity index is 0.00000364. The monoisotopic (exact) mass is 506 g/mol. The van der Waals surface area contributed by atoms with E-state index in [0.29, 0.717) is 11.3 Å². The zero-order chi connectivity index (χ0) is 18.9. The summed E-state index contributed by atoms with van der Waals surface area (Å²) < 4.78 is 12.1. The third-order valence-corrected chi connectivity index (χ3v) is 6.86. The fourth-order valence-electron chi connectivity index (χ4n) is 3.61. The number of likely N-dealkylation sites (N-methyl/N-ethyl adjacent to an activating group) is 1. The van der Waals surface area contributed by atoms with Crippen molar-refractivity contribution in [1.82, 2.24) is 15.5 Å². The van der Waals surface area contributed by atoms with Crippen LogP contribution in [0.25, 0.3) is 0 Å². The van der Waals surface area contributed by atoms with Gasteiger partial charge in [0.2, 0.25) is 0 Å². The number of nitrogens with zero attached hydrogens (tertiary/aromatic N) is 2. The highest BCUT2D eigenvalue weighted by atomic mass is 127. The van der Waals surface area contributed by atoms with Crippen molar-refractivity contribution in [2.45, 2.75) is 49.9 Å². The van der Waals surface area contributed by atoms with Crippen molar-refractivity contribution in [1.29, 1.82) is 0 Å². The number of nitrogens with one attached hydrogen (secondary N) is 2. The minimum absolute atomic E-state index is 0. The first-order valence-corrected chi connectivity index (χ1v) is 11.0. The van der Waals surface area contributed by atoms with Crippen LogP contribution in [0, 0.1) is 0 Å². The maximum atomic E-state index is 12.1. The topological polar surface area (TPSA) is 56.7 Å². The van der Waals surface area contributed by atoms with E-state index in [-0.39, 0.29) is 30.0 Å². The summed E-state index contributed by atoms with van der Waals surface area (Å²) in [5, 5.41) is 7.34. The summed E-state index contributed by atoms with van der Waals surface area (Å²) in [6, 6.07) is 11.2. The van der Waals surface area contributed by atoms with Gasteiger partial charge in [-0.15, -0.1) is 24.0 Å². The third-order valence-electron chi connectivity index (χ3n) is 5.12. The molecule has 1 aliphatic rings. The number of benzene rings is 1. The first-order valence-electron chi connectivity index (χ1n) is 9.60. The standard InChI is InChI=1S/C20H34N4OS.HI/c1-5-26(25)18-13-9-12-17(14-18)23-20(21-2)22-15-19(24(3)4)16-10-7-6-8-11-16;/h6-8,10-11,17-19H,5,9,12-15H2,1-4H3,(H2,21,22,23);1H. The van der Waals surface area contributed by atoms with E-state index in [1.54, 1.807) is 0 Å². The van der Waals surface area contributed by atoms with Gasteiger partial charge in [-0.05, 0) is 38.9 Å². The van der Waals surface area contributed by atoms with Crippen molar-refractivity contribution in [3.05, 3.63) is 35.9 Å². The molecule has 0 aliphatic heterocycles. The summed E-state index contributed by atoms with van der Waals surface area (Å²) in [5.74, 6) is 1.59. The highest BCUT2D eigenvalue weighted by Gasteiger charge is 2.26.